The number of benzene rings is 1. The van der Waals surface area contributed by atoms with E-state index in [2.05, 4.69) is 10.6 Å². The fourth-order valence-electron chi connectivity index (χ4n) is 6.67. The third-order valence-corrected chi connectivity index (χ3v) is 9.25. The zero-order valence-corrected chi connectivity index (χ0v) is 23.9. The van der Waals surface area contributed by atoms with E-state index in [4.69, 9.17) is 4.74 Å². The van der Waals surface area contributed by atoms with E-state index in [9.17, 15) is 42.6 Å². The topological polar surface area (TPSA) is 152 Å². The third kappa shape index (κ3) is 6.28. The van der Waals surface area contributed by atoms with Crippen LogP contribution in [0.25, 0.3) is 0 Å². The van der Waals surface area contributed by atoms with Gasteiger partial charge in [0, 0.05) is 44.7 Å². The van der Waals surface area contributed by atoms with Crippen LogP contribution in [0.1, 0.15) is 36.8 Å². The number of piperazine rings is 1. The number of aliphatic hydroxyl groups is 2. The number of alkyl halides is 3. The molecule has 1 saturated carbocycles. The molecule has 5 aliphatic rings. The van der Waals surface area contributed by atoms with Crippen LogP contribution in [0.5, 0.6) is 0 Å². The first-order valence-electron chi connectivity index (χ1n) is 15.0. The summed E-state index contributed by atoms with van der Waals surface area (Å²) in [7, 11) is 0. The summed E-state index contributed by atoms with van der Waals surface area (Å²) in [5, 5.41) is 26.7. The molecular formula is C29H36F3N5O7. The Bertz CT molecular complexity index is 1290. The quantitative estimate of drug-likeness (QED) is 0.343. The van der Waals surface area contributed by atoms with Crippen LogP contribution in [0.3, 0.4) is 0 Å². The summed E-state index contributed by atoms with van der Waals surface area (Å²) in [6, 6.07) is 2.46. The van der Waals surface area contributed by atoms with Gasteiger partial charge in [0.05, 0.1) is 30.7 Å². The Hall–Kier alpha value is -3.27. The second-order valence-electron chi connectivity index (χ2n) is 12.4. The first-order chi connectivity index (χ1) is 20.9. The van der Waals surface area contributed by atoms with Crippen LogP contribution in [-0.4, -0.2) is 124 Å². The Morgan fingerprint density at radius 1 is 0.977 bits per heavy atom. The van der Waals surface area contributed by atoms with E-state index in [1.165, 1.54) is 21.9 Å². The van der Waals surface area contributed by atoms with E-state index < -0.39 is 66.1 Å². The lowest BCUT2D eigenvalue weighted by atomic mass is 10.0. The average molecular weight is 624 g/mol. The average Bonchev–Trinajstić information content (AvgIpc) is 3.72. The molecule has 1 aliphatic carbocycles. The molecule has 6 rings (SSSR count). The molecule has 0 radical (unpaired) electrons. The highest BCUT2D eigenvalue weighted by Crippen LogP contribution is 2.33. The Morgan fingerprint density at radius 3 is 2.36 bits per heavy atom. The normalized spacial score (nSPS) is 33.8. The predicted octanol–water partition coefficient (Wildman–Crippen LogP) is -0.777. The largest absolute Gasteiger partial charge is 0.416 e. The first kappa shape index (κ1) is 30.7. The Labute approximate surface area is 251 Å². The molecular weight excluding hydrogens is 587 g/mol. The van der Waals surface area contributed by atoms with E-state index >= 15 is 0 Å². The molecule has 0 spiro atoms. The third-order valence-electron chi connectivity index (χ3n) is 9.25. The van der Waals surface area contributed by atoms with E-state index in [0.717, 1.165) is 25.0 Å². The Balaban J connectivity index is 1.27. The minimum atomic E-state index is -4.49. The Morgan fingerprint density at radius 2 is 1.68 bits per heavy atom. The number of nitrogens with one attached hydrogen (secondary N) is 2. The van der Waals surface area contributed by atoms with Gasteiger partial charge in [0.2, 0.25) is 23.6 Å². The first-order valence-corrected chi connectivity index (χ1v) is 15.0. The van der Waals surface area contributed by atoms with Gasteiger partial charge in [-0.1, -0.05) is 12.1 Å². The highest BCUT2D eigenvalue weighted by Gasteiger charge is 2.48. The lowest BCUT2D eigenvalue weighted by Gasteiger charge is -2.42. The van der Waals surface area contributed by atoms with E-state index in [1.807, 2.05) is 0 Å². The van der Waals surface area contributed by atoms with E-state index in [1.54, 1.807) is 4.90 Å². The fourth-order valence-corrected chi connectivity index (χ4v) is 6.67. The predicted molar refractivity (Wildman–Crippen MR) is 145 cm³/mol. The summed E-state index contributed by atoms with van der Waals surface area (Å²) in [4.78, 5) is 58.3. The van der Waals surface area contributed by atoms with Gasteiger partial charge in [0.1, 0.15) is 24.4 Å². The van der Waals surface area contributed by atoms with Crippen molar-refractivity contribution in [2.45, 2.75) is 80.9 Å². The smallest absolute Gasteiger partial charge is 0.388 e. The highest BCUT2D eigenvalue weighted by molar-refractivity contribution is 5.91. The number of ether oxygens (including phenoxy) is 1. The minimum Gasteiger partial charge on any atom is -0.388 e. The summed E-state index contributed by atoms with van der Waals surface area (Å²) >= 11 is 0. The molecule has 0 aromatic heterocycles. The summed E-state index contributed by atoms with van der Waals surface area (Å²) in [5.41, 5.74) is -0.238. The zero-order chi connectivity index (χ0) is 31.3. The van der Waals surface area contributed by atoms with Crippen LogP contribution in [0.2, 0.25) is 0 Å². The molecule has 4 heterocycles. The van der Waals surface area contributed by atoms with Crippen LogP contribution >= 0.6 is 0 Å². The van der Waals surface area contributed by atoms with Crippen LogP contribution in [0.15, 0.2) is 24.3 Å². The van der Waals surface area contributed by atoms with Crippen molar-refractivity contribution in [2.24, 2.45) is 5.92 Å². The van der Waals surface area contributed by atoms with E-state index in [-0.39, 0.29) is 69.8 Å². The van der Waals surface area contributed by atoms with Gasteiger partial charge >= 0.3 is 6.18 Å². The number of aliphatic hydroxyl groups excluding tert-OH is 2. The molecule has 6 bridgehead atoms. The molecule has 12 nitrogen and oxygen atoms in total. The number of rotatable bonds is 3. The van der Waals surface area contributed by atoms with E-state index in [0.29, 0.717) is 5.56 Å². The van der Waals surface area contributed by atoms with Crippen molar-refractivity contribution < 1.29 is 47.3 Å². The number of halogens is 3. The second-order valence-corrected chi connectivity index (χ2v) is 12.4. The highest BCUT2D eigenvalue weighted by atomic mass is 19.4. The van der Waals surface area contributed by atoms with Crippen molar-refractivity contribution in [3.8, 4) is 0 Å². The van der Waals surface area contributed by atoms with Crippen LogP contribution < -0.4 is 10.6 Å². The lowest BCUT2D eigenvalue weighted by Crippen LogP contribution is -2.63. The Kier molecular flexibility index (Phi) is 8.32. The monoisotopic (exact) mass is 623 g/mol. The summed E-state index contributed by atoms with van der Waals surface area (Å²) in [6.07, 6.45) is -7.80. The van der Waals surface area contributed by atoms with Gasteiger partial charge < -0.3 is 35.4 Å². The van der Waals surface area contributed by atoms with Crippen molar-refractivity contribution in [2.75, 3.05) is 32.7 Å². The molecule has 240 valence electrons. The second kappa shape index (κ2) is 11.9. The molecule has 1 aromatic rings. The molecule has 0 unspecified atom stereocenters. The molecule has 4 saturated heterocycles. The lowest BCUT2D eigenvalue weighted by molar-refractivity contribution is -0.151. The van der Waals surface area contributed by atoms with Gasteiger partial charge in [-0.05, 0) is 37.0 Å². The van der Waals surface area contributed by atoms with Crippen molar-refractivity contribution in [3.05, 3.63) is 35.4 Å². The van der Waals surface area contributed by atoms with Gasteiger partial charge in [-0.2, -0.15) is 13.2 Å². The van der Waals surface area contributed by atoms with Gasteiger partial charge in [0.15, 0.2) is 0 Å². The van der Waals surface area contributed by atoms with Crippen molar-refractivity contribution >= 4 is 23.6 Å². The zero-order valence-electron chi connectivity index (χ0n) is 23.9. The molecule has 4 N–H and O–H groups in total. The molecule has 44 heavy (non-hydrogen) atoms. The van der Waals surface area contributed by atoms with Gasteiger partial charge in [0.25, 0.3) is 0 Å². The standard InChI is InChI=1S/C29H36F3N5O7/c30-29(31,32)17-5-1-15(2-6-17)12-36-13-18-9-19(36)28(43)35-7-8-37(27(42)16-3-4-16)20(14-35)26(41)33-11-22-25(40)24(39)21(44-22)10-23(38)34-18/h1-2,5-6,16,18-22,24-25,39-40H,3-4,7-14H2,(H,33,41)(H,34,38)/t18-,19-,20-,21-,22+,24-,25+/m0/s1. The maximum absolute atomic E-state index is 14.0. The number of hydrogen-bond donors (Lipinski definition) is 4. The number of hydrogen-bond acceptors (Lipinski definition) is 8. The molecule has 15 heteroatoms. The SMILES string of the molecule is O=C1C[C@@H]2O[C@H](CNC(=O)[C@@H]3CN(CCN3C(=O)C3CC3)C(=O)[C@@H]3C[C@@H](CN3Cc3ccc(C(F)(F)F)cc3)N1)[C@@H](O)[C@H]2O. The van der Waals surface area contributed by atoms with Crippen molar-refractivity contribution in [1.29, 1.82) is 0 Å². The summed E-state index contributed by atoms with van der Waals surface area (Å²) < 4.78 is 45.1. The molecule has 7 atom stereocenters. The number of amides is 4. The molecule has 4 aliphatic heterocycles. The summed E-state index contributed by atoms with van der Waals surface area (Å²) in [6.45, 7) is 0.479. The fraction of sp³-hybridized carbons (Fsp3) is 0.655. The maximum Gasteiger partial charge on any atom is 0.416 e. The number of likely N-dealkylation sites (tertiary alicyclic amines) is 1. The number of fused-ring (bicyclic) bond motifs is 6. The number of nitrogens with zero attached hydrogens (tertiary/aromatic N) is 3. The van der Waals surface area contributed by atoms with Crippen molar-refractivity contribution in [1.82, 2.24) is 25.3 Å². The maximum atomic E-state index is 14.0. The van der Waals surface area contributed by atoms with Crippen LogP contribution in [-0.2, 0) is 36.6 Å². The van der Waals surface area contributed by atoms with Crippen molar-refractivity contribution in [3.63, 3.8) is 0 Å². The number of carbonyl (C=O) groups excluding carboxylic acids is 4. The number of carbonyl (C=O) groups is 4. The molecule has 1 aromatic carbocycles. The van der Waals surface area contributed by atoms with Gasteiger partial charge in [-0.3, -0.25) is 24.1 Å². The summed E-state index contributed by atoms with van der Waals surface area (Å²) in [5.74, 6) is -1.59. The van der Waals surface area contributed by atoms with Crippen LogP contribution in [0, 0.1) is 5.92 Å². The molecule has 4 amide bonds. The van der Waals surface area contributed by atoms with Gasteiger partial charge in [-0.25, -0.2) is 0 Å². The molecule has 5 fully saturated rings. The van der Waals surface area contributed by atoms with Gasteiger partial charge in [-0.15, -0.1) is 0 Å². The minimum absolute atomic E-state index is 0.0654. The van der Waals surface area contributed by atoms with Crippen LogP contribution in [0.4, 0.5) is 13.2 Å².